The molecule has 1 aromatic carbocycles. The highest BCUT2D eigenvalue weighted by Crippen LogP contribution is 2.27. The zero-order valence-electron chi connectivity index (χ0n) is 12.4. The predicted octanol–water partition coefficient (Wildman–Crippen LogP) is 4.61. The van der Waals surface area contributed by atoms with Crippen LogP contribution in [0, 0.1) is 5.82 Å². The maximum absolute atomic E-state index is 13.3. The van der Waals surface area contributed by atoms with Gasteiger partial charge in [0, 0.05) is 24.1 Å². The molecule has 0 aliphatic heterocycles. The minimum atomic E-state index is -4.11. The largest absolute Gasteiger partial charge is 0.496 e. The fourth-order valence-corrected chi connectivity index (χ4v) is 2.25. The third-order valence-corrected chi connectivity index (χ3v) is 3.29. The van der Waals surface area contributed by atoms with Crippen LogP contribution in [-0.4, -0.2) is 19.3 Å². The minimum absolute atomic E-state index is 0.0741. The van der Waals surface area contributed by atoms with Crippen LogP contribution in [0.25, 0.3) is 0 Å². The quantitative estimate of drug-likeness (QED) is 0.743. The lowest BCUT2D eigenvalue weighted by molar-refractivity contribution is -0.135. The standard InChI is InChI=1S/C15H21F4NO/c1-10(5-4-8-15(17,18)19)20-11(2)13-9-12(16)6-7-14(13)21-3/h6-7,9-11,20H,4-5,8H2,1-3H3. The molecule has 0 amide bonds. The van der Waals surface area contributed by atoms with Crippen LogP contribution in [-0.2, 0) is 0 Å². The number of halogens is 4. The van der Waals surface area contributed by atoms with E-state index in [0.717, 1.165) is 0 Å². The normalized spacial score (nSPS) is 14.8. The zero-order chi connectivity index (χ0) is 16.0. The van der Waals surface area contributed by atoms with Crippen molar-refractivity contribution in [3.63, 3.8) is 0 Å². The van der Waals surface area contributed by atoms with Crippen LogP contribution in [0.3, 0.4) is 0 Å². The van der Waals surface area contributed by atoms with E-state index in [2.05, 4.69) is 5.32 Å². The number of benzene rings is 1. The van der Waals surface area contributed by atoms with Gasteiger partial charge in [0.1, 0.15) is 11.6 Å². The molecule has 1 rings (SSSR count). The van der Waals surface area contributed by atoms with Crippen molar-refractivity contribution < 1.29 is 22.3 Å². The van der Waals surface area contributed by atoms with E-state index >= 15 is 0 Å². The first-order valence-corrected chi connectivity index (χ1v) is 6.89. The number of methoxy groups -OCH3 is 1. The molecule has 0 heterocycles. The van der Waals surface area contributed by atoms with E-state index in [1.165, 1.54) is 25.3 Å². The Hall–Kier alpha value is -1.30. The van der Waals surface area contributed by atoms with Gasteiger partial charge in [-0.05, 0) is 44.9 Å². The van der Waals surface area contributed by atoms with Crippen molar-refractivity contribution in [1.82, 2.24) is 5.32 Å². The van der Waals surface area contributed by atoms with Gasteiger partial charge >= 0.3 is 6.18 Å². The molecule has 0 spiro atoms. The number of alkyl halides is 3. The lowest BCUT2D eigenvalue weighted by Gasteiger charge is -2.22. The summed E-state index contributed by atoms with van der Waals surface area (Å²) >= 11 is 0. The molecule has 0 aliphatic carbocycles. The third-order valence-electron chi connectivity index (χ3n) is 3.29. The fourth-order valence-electron chi connectivity index (χ4n) is 2.25. The van der Waals surface area contributed by atoms with Gasteiger partial charge in [-0.1, -0.05) is 0 Å². The number of hydrogen-bond donors (Lipinski definition) is 1. The van der Waals surface area contributed by atoms with Gasteiger partial charge in [0.15, 0.2) is 0 Å². The van der Waals surface area contributed by atoms with Gasteiger partial charge in [-0.2, -0.15) is 13.2 Å². The fraction of sp³-hybridized carbons (Fsp3) is 0.600. The van der Waals surface area contributed by atoms with Gasteiger partial charge in [0.2, 0.25) is 0 Å². The molecule has 2 unspecified atom stereocenters. The lowest BCUT2D eigenvalue weighted by atomic mass is 10.0. The average Bonchev–Trinajstić information content (AvgIpc) is 2.37. The second kappa shape index (κ2) is 7.64. The molecule has 21 heavy (non-hydrogen) atoms. The Kier molecular flexibility index (Phi) is 6.45. The maximum Gasteiger partial charge on any atom is 0.389 e. The smallest absolute Gasteiger partial charge is 0.389 e. The number of rotatable bonds is 7. The first kappa shape index (κ1) is 17.8. The van der Waals surface area contributed by atoms with Gasteiger partial charge in [0.05, 0.1) is 7.11 Å². The highest BCUT2D eigenvalue weighted by Gasteiger charge is 2.26. The molecule has 0 fully saturated rings. The molecular formula is C15H21F4NO. The van der Waals surface area contributed by atoms with Gasteiger partial charge in [-0.25, -0.2) is 4.39 Å². The van der Waals surface area contributed by atoms with Crippen molar-refractivity contribution in [3.05, 3.63) is 29.6 Å². The Morgan fingerprint density at radius 2 is 1.90 bits per heavy atom. The van der Waals surface area contributed by atoms with E-state index < -0.39 is 12.6 Å². The van der Waals surface area contributed by atoms with Crippen LogP contribution in [0.2, 0.25) is 0 Å². The number of ether oxygens (including phenoxy) is 1. The summed E-state index contributed by atoms with van der Waals surface area (Å²) in [6, 6.07) is 3.91. The molecule has 0 saturated heterocycles. The summed E-state index contributed by atoms with van der Waals surface area (Å²) in [6.45, 7) is 3.65. The topological polar surface area (TPSA) is 21.3 Å². The summed E-state index contributed by atoms with van der Waals surface area (Å²) in [5.41, 5.74) is 0.653. The van der Waals surface area contributed by atoms with Crippen molar-refractivity contribution in [2.75, 3.05) is 7.11 Å². The first-order valence-electron chi connectivity index (χ1n) is 6.89. The van der Waals surface area contributed by atoms with E-state index in [1.807, 2.05) is 13.8 Å². The minimum Gasteiger partial charge on any atom is -0.496 e. The van der Waals surface area contributed by atoms with E-state index in [4.69, 9.17) is 4.74 Å². The molecule has 0 radical (unpaired) electrons. The third kappa shape index (κ3) is 6.33. The van der Waals surface area contributed by atoms with E-state index in [9.17, 15) is 17.6 Å². The van der Waals surface area contributed by atoms with E-state index in [0.29, 0.717) is 17.7 Å². The van der Waals surface area contributed by atoms with Crippen molar-refractivity contribution in [3.8, 4) is 5.75 Å². The molecule has 2 nitrogen and oxygen atoms in total. The van der Waals surface area contributed by atoms with Crippen LogP contribution in [0.4, 0.5) is 17.6 Å². The maximum atomic E-state index is 13.3. The molecule has 0 saturated carbocycles. The van der Waals surface area contributed by atoms with Gasteiger partial charge in [-0.15, -0.1) is 0 Å². The van der Waals surface area contributed by atoms with Crippen molar-refractivity contribution in [2.45, 2.75) is 51.4 Å². The summed E-state index contributed by atoms with van der Waals surface area (Å²) in [5.74, 6) is 0.183. The van der Waals surface area contributed by atoms with Crippen molar-refractivity contribution >= 4 is 0 Å². The van der Waals surface area contributed by atoms with Crippen LogP contribution < -0.4 is 10.1 Å². The van der Waals surface area contributed by atoms with Gasteiger partial charge in [0.25, 0.3) is 0 Å². The summed E-state index contributed by atoms with van der Waals surface area (Å²) < 4.78 is 54.8. The molecule has 1 N–H and O–H groups in total. The Bertz CT molecular complexity index is 448. The van der Waals surface area contributed by atoms with Crippen LogP contribution in [0.1, 0.15) is 44.7 Å². The summed E-state index contributed by atoms with van der Waals surface area (Å²) in [6.07, 6.45) is -4.42. The SMILES string of the molecule is COc1ccc(F)cc1C(C)NC(C)CCCC(F)(F)F. The molecule has 0 aliphatic rings. The molecule has 120 valence electrons. The summed E-state index contributed by atoms with van der Waals surface area (Å²) in [5, 5.41) is 3.17. The van der Waals surface area contributed by atoms with Crippen LogP contribution in [0.15, 0.2) is 18.2 Å². The molecule has 2 atom stereocenters. The van der Waals surface area contributed by atoms with Crippen molar-refractivity contribution in [1.29, 1.82) is 0 Å². The Balaban J connectivity index is 2.56. The highest BCUT2D eigenvalue weighted by molar-refractivity contribution is 5.36. The van der Waals surface area contributed by atoms with E-state index in [-0.39, 0.29) is 24.3 Å². The van der Waals surface area contributed by atoms with Crippen LogP contribution in [0.5, 0.6) is 5.75 Å². The van der Waals surface area contributed by atoms with E-state index in [1.54, 1.807) is 0 Å². The first-order chi connectivity index (χ1) is 9.73. The molecule has 0 aromatic heterocycles. The summed E-state index contributed by atoms with van der Waals surface area (Å²) in [4.78, 5) is 0. The van der Waals surface area contributed by atoms with Gasteiger partial charge in [-0.3, -0.25) is 0 Å². The zero-order valence-corrected chi connectivity index (χ0v) is 12.4. The Morgan fingerprint density at radius 3 is 2.48 bits per heavy atom. The molecule has 6 heteroatoms. The predicted molar refractivity (Wildman–Crippen MR) is 73.9 cm³/mol. The number of hydrogen-bond acceptors (Lipinski definition) is 2. The lowest BCUT2D eigenvalue weighted by Crippen LogP contribution is -2.29. The summed E-state index contributed by atoms with van der Waals surface area (Å²) in [7, 11) is 1.50. The monoisotopic (exact) mass is 307 g/mol. The van der Waals surface area contributed by atoms with Crippen molar-refractivity contribution in [2.24, 2.45) is 0 Å². The Labute approximate surface area is 122 Å². The Morgan fingerprint density at radius 1 is 1.24 bits per heavy atom. The van der Waals surface area contributed by atoms with Gasteiger partial charge < -0.3 is 10.1 Å². The second-order valence-electron chi connectivity index (χ2n) is 5.18. The molecule has 1 aromatic rings. The highest BCUT2D eigenvalue weighted by atomic mass is 19.4. The second-order valence-corrected chi connectivity index (χ2v) is 5.18. The average molecular weight is 307 g/mol. The van der Waals surface area contributed by atoms with Crippen LogP contribution >= 0.6 is 0 Å². The molecule has 0 bridgehead atoms. The number of nitrogens with one attached hydrogen (secondary N) is 1. The molecular weight excluding hydrogens is 286 g/mol.